The van der Waals surface area contributed by atoms with Crippen molar-refractivity contribution in [1.29, 1.82) is 0 Å². The number of aliphatic carboxylic acids is 1. The Morgan fingerprint density at radius 2 is 2.19 bits per heavy atom. The molecular weight excluding hydrogens is 210 g/mol. The molecule has 5 nitrogen and oxygen atoms in total. The van der Waals surface area contributed by atoms with Gasteiger partial charge in [-0.15, -0.1) is 0 Å². The fourth-order valence-electron chi connectivity index (χ4n) is 1.67. The van der Waals surface area contributed by atoms with Gasteiger partial charge in [0.15, 0.2) is 11.5 Å². The second-order valence-corrected chi connectivity index (χ2v) is 4.06. The van der Waals surface area contributed by atoms with E-state index in [4.69, 9.17) is 20.3 Å². The van der Waals surface area contributed by atoms with E-state index in [-0.39, 0.29) is 13.2 Å². The van der Waals surface area contributed by atoms with Crippen molar-refractivity contribution < 1.29 is 19.4 Å². The Labute approximate surface area is 92.8 Å². The van der Waals surface area contributed by atoms with Crippen LogP contribution in [-0.2, 0) is 10.3 Å². The van der Waals surface area contributed by atoms with Gasteiger partial charge in [-0.2, -0.15) is 0 Å². The molecule has 1 aromatic carbocycles. The van der Waals surface area contributed by atoms with E-state index < -0.39 is 11.5 Å². The number of hydrogen-bond acceptors (Lipinski definition) is 4. The number of rotatable bonds is 3. The summed E-state index contributed by atoms with van der Waals surface area (Å²) in [7, 11) is 0. The van der Waals surface area contributed by atoms with Crippen LogP contribution < -0.4 is 15.2 Å². The van der Waals surface area contributed by atoms with Gasteiger partial charge < -0.3 is 20.3 Å². The van der Waals surface area contributed by atoms with Gasteiger partial charge in [-0.1, -0.05) is 6.07 Å². The standard InChI is InChI=1S/C11H13NO4/c1-11(12,5-10(13)14)7-2-3-8-9(4-7)16-6-15-8/h2-4H,5-6,12H2,1H3,(H,13,14). The number of nitrogens with two attached hydrogens (primary N) is 1. The smallest absolute Gasteiger partial charge is 0.305 e. The second-order valence-electron chi connectivity index (χ2n) is 4.06. The molecule has 5 heteroatoms. The minimum absolute atomic E-state index is 0.132. The molecule has 0 aromatic heterocycles. The van der Waals surface area contributed by atoms with E-state index in [1.165, 1.54) is 0 Å². The van der Waals surface area contributed by atoms with Gasteiger partial charge >= 0.3 is 5.97 Å². The third kappa shape index (κ3) is 1.94. The van der Waals surface area contributed by atoms with Crippen LogP contribution in [0.15, 0.2) is 18.2 Å². The number of carbonyl (C=O) groups is 1. The molecule has 0 amide bonds. The lowest BCUT2D eigenvalue weighted by Crippen LogP contribution is -2.35. The number of ether oxygens (including phenoxy) is 2. The largest absolute Gasteiger partial charge is 0.481 e. The van der Waals surface area contributed by atoms with Crippen molar-refractivity contribution in [3.05, 3.63) is 23.8 Å². The predicted molar refractivity (Wildman–Crippen MR) is 56.4 cm³/mol. The molecule has 16 heavy (non-hydrogen) atoms. The highest BCUT2D eigenvalue weighted by molar-refractivity contribution is 5.69. The van der Waals surface area contributed by atoms with E-state index >= 15 is 0 Å². The van der Waals surface area contributed by atoms with Gasteiger partial charge in [0.25, 0.3) is 0 Å². The molecule has 1 aliphatic heterocycles. The molecule has 1 atom stereocenters. The maximum Gasteiger partial charge on any atom is 0.305 e. The summed E-state index contributed by atoms with van der Waals surface area (Å²) in [6.07, 6.45) is -0.132. The lowest BCUT2D eigenvalue weighted by Gasteiger charge is -2.23. The summed E-state index contributed by atoms with van der Waals surface area (Å²) in [5.74, 6) is 0.345. The van der Waals surface area contributed by atoms with E-state index in [2.05, 4.69) is 0 Å². The topological polar surface area (TPSA) is 81.8 Å². The van der Waals surface area contributed by atoms with Gasteiger partial charge in [0, 0.05) is 5.54 Å². The van der Waals surface area contributed by atoms with Crippen LogP contribution in [0.25, 0.3) is 0 Å². The van der Waals surface area contributed by atoms with E-state index in [9.17, 15) is 4.79 Å². The van der Waals surface area contributed by atoms with E-state index in [0.717, 1.165) is 5.56 Å². The first kappa shape index (κ1) is 10.8. The first-order valence-corrected chi connectivity index (χ1v) is 4.90. The van der Waals surface area contributed by atoms with Crippen LogP contribution in [-0.4, -0.2) is 17.9 Å². The third-order valence-corrected chi connectivity index (χ3v) is 2.55. The van der Waals surface area contributed by atoms with Crippen molar-refractivity contribution in [3.8, 4) is 11.5 Å². The number of carboxylic acids is 1. The van der Waals surface area contributed by atoms with Crippen molar-refractivity contribution in [2.24, 2.45) is 5.73 Å². The van der Waals surface area contributed by atoms with Crippen LogP contribution >= 0.6 is 0 Å². The van der Waals surface area contributed by atoms with Crippen LogP contribution in [0.1, 0.15) is 18.9 Å². The van der Waals surface area contributed by atoms with Crippen molar-refractivity contribution in [2.75, 3.05) is 6.79 Å². The molecule has 0 spiro atoms. The molecule has 0 saturated carbocycles. The second kappa shape index (κ2) is 3.68. The average Bonchev–Trinajstić information content (AvgIpc) is 2.61. The molecule has 3 N–H and O–H groups in total. The molecule has 86 valence electrons. The van der Waals surface area contributed by atoms with Crippen molar-refractivity contribution in [3.63, 3.8) is 0 Å². The predicted octanol–water partition coefficient (Wildman–Crippen LogP) is 1.06. The van der Waals surface area contributed by atoms with Crippen LogP contribution in [0.3, 0.4) is 0 Å². The van der Waals surface area contributed by atoms with Crippen molar-refractivity contribution in [2.45, 2.75) is 18.9 Å². The summed E-state index contributed by atoms with van der Waals surface area (Å²) in [4.78, 5) is 10.7. The lowest BCUT2D eigenvalue weighted by atomic mass is 9.89. The van der Waals surface area contributed by atoms with Crippen LogP contribution in [0.2, 0.25) is 0 Å². The molecule has 0 radical (unpaired) electrons. The minimum atomic E-state index is -0.928. The lowest BCUT2D eigenvalue weighted by molar-refractivity contribution is -0.138. The minimum Gasteiger partial charge on any atom is -0.481 e. The Balaban J connectivity index is 2.30. The summed E-state index contributed by atoms with van der Waals surface area (Å²) in [6.45, 7) is 1.87. The molecule has 0 aliphatic carbocycles. The Kier molecular flexibility index (Phi) is 2.47. The monoisotopic (exact) mass is 223 g/mol. The zero-order chi connectivity index (χ0) is 11.8. The molecular formula is C11H13NO4. The molecule has 0 bridgehead atoms. The number of benzene rings is 1. The Morgan fingerprint density at radius 3 is 2.88 bits per heavy atom. The number of hydrogen-bond donors (Lipinski definition) is 2. The van der Waals surface area contributed by atoms with Gasteiger partial charge in [0.05, 0.1) is 6.42 Å². The maximum absolute atomic E-state index is 10.7. The summed E-state index contributed by atoms with van der Waals surface area (Å²) < 4.78 is 10.4. The Bertz CT molecular complexity index is 428. The fourth-order valence-corrected chi connectivity index (χ4v) is 1.67. The molecule has 2 rings (SSSR count). The van der Waals surface area contributed by atoms with Gasteiger partial charge in [-0.05, 0) is 24.6 Å². The highest BCUT2D eigenvalue weighted by Crippen LogP contribution is 2.35. The first-order chi connectivity index (χ1) is 7.49. The molecule has 1 aliphatic rings. The van der Waals surface area contributed by atoms with Gasteiger partial charge in [0.2, 0.25) is 6.79 Å². The summed E-state index contributed by atoms with van der Waals surface area (Å²) >= 11 is 0. The van der Waals surface area contributed by atoms with Crippen molar-refractivity contribution in [1.82, 2.24) is 0 Å². The number of carboxylic acid groups (broad SMARTS) is 1. The molecule has 0 saturated heterocycles. The zero-order valence-electron chi connectivity index (χ0n) is 8.90. The van der Waals surface area contributed by atoms with Gasteiger partial charge in [0.1, 0.15) is 0 Å². The Hall–Kier alpha value is -1.75. The summed E-state index contributed by atoms with van der Waals surface area (Å²) in [5, 5.41) is 8.77. The van der Waals surface area contributed by atoms with E-state index in [1.54, 1.807) is 25.1 Å². The summed E-state index contributed by atoms with van der Waals surface area (Å²) in [6, 6.07) is 5.23. The zero-order valence-corrected chi connectivity index (χ0v) is 8.90. The maximum atomic E-state index is 10.7. The SMILES string of the molecule is CC(N)(CC(=O)O)c1ccc2c(c1)OCO2. The Morgan fingerprint density at radius 1 is 1.50 bits per heavy atom. The van der Waals surface area contributed by atoms with Gasteiger partial charge in [-0.3, -0.25) is 4.79 Å². The van der Waals surface area contributed by atoms with Crippen LogP contribution in [0.5, 0.6) is 11.5 Å². The average molecular weight is 223 g/mol. The third-order valence-electron chi connectivity index (χ3n) is 2.55. The molecule has 0 fully saturated rings. The normalized spacial score (nSPS) is 16.9. The molecule has 1 aromatic rings. The van der Waals surface area contributed by atoms with Crippen LogP contribution in [0, 0.1) is 0 Å². The quantitative estimate of drug-likeness (QED) is 0.800. The number of fused-ring (bicyclic) bond motifs is 1. The fraction of sp³-hybridized carbons (Fsp3) is 0.364. The highest BCUT2D eigenvalue weighted by atomic mass is 16.7. The van der Waals surface area contributed by atoms with Crippen LogP contribution in [0.4, 0.5) is 0 Å². The first-order valence-electron chi connectivity index (χ1n) is 4.90. The highest BCUT2D eigenvalue weighted by Gasteiger charge is 2.26. The van der Waals surface area contributed by atoms with E-state index in [1.807, 2.05) is 0 Å². The summed E-state index contributed by atoms with van der Waals surface area (Å²) in [5.41, 5.74) is 5.77. The van der Waals surface area contributed by atoms with E-state index in [0.29, 0.717) is 11.5 Å². The van der Waals surface area contributed by atoms with Gasteiger partial charge in [-0.25, -0.2) is 0 Å². The molecule has 1 unspecified atom stereocenters. The molecule has 1 heterocycles. The van der Waals surface area contributed by atoms with Crippen molar-refractivity contribution >= 4 is 5.97 Å².